The van der Waals surface area contributed by atoms with Crippen LogP contribution in [0.5, 0.6) is 5.75 Å². The van der Waals surface area contributed by atoms with Gasteiger partial charge in [0.1, 0.15) is 5.75 Å². The van der Waals surface area contributed by atoms with E-state index >= 15 is 0 Å². The fourth-order valence-corrected chi connectivity index (χ4v) is 6.75. The molecule has 0 unspecified atom stereocenters. The van der Waals surface area contributed by atoms with Crippen LogP contribution >= 0.6 is 11.6 Å². The molecule has 2 aromatic carbocycles. The highest BCUT2D eigenvalue weighted by Gasteiger charge is 2.56. The molecule has 9 nitrogen and oxygen atoms in total. The fraction of sp³-hybridized carbons (Fsp3) is 0.241. The number of halogens is 1. The molecule has 10 heteroatoms. The first kappa shape index (κ1) is 24.9. The van der Waals surface area contributed by atoms with Gasteiger partial charge in [0, 0.05) is 39.8 Å². The van der Waals surface area contributed by atoms with Crippen LogP contribution in [-0.4, -0.2) is 33.4 Å². The summed E-state index contributed by atoms with van der Waals surface area (Å²) in [5.74, 6) is -4.46. The lowest BCUT2D eigenvalue weighted by Gasteiger charge is -2.42. The third-order valence-corrected chi connectivity index (χ3v) is 8.49. The number of allylic oxidation sites excluding steroid dienone is 6. The number of benzene rings is 2. The summed E-state index contributed by atoms with van der Waals surface area (Å²) < 4.78 is 0. The Morgan fingerprint density at radius 2 is 1.82 bits per heavy atom. The molecule has 2 aromatic rings. The van der Waals surface area contributed by atoms with E-state index in [0.717, 1.165) is 10.5 Å². The lowest BCUT2D eigenvalue weighted by atomic mass is 9.59. The third-order valence-electron chi connectivity index (χ3n) is 8.16. The summed E-state index contributed by atoms with van der Waals surface area (Å²) in [5.41, 5.74) is 2.00. The van der Waals surface area contributed by atoms with Crippen molar-refractivity contribution in [3.05, 3.63) is 97.6 Å². The average molecular weight is 545 g/mol. The molecular weight excluding hydrogens is 524 g/mol. The van der Waals surface area contributed by atoms with E-state index in [1.165, 1.54) is 42.5 Å². The van der Waals surface area contributed by atoms with Crippen molar-refractivity contribution in [2.75, 3.05) is 4.90 Å². The van der Waals surface area contributed by atoms with Crippen molar-refractivity contribution < 1.29 is 29.2 Å². The van der Waals surface area contributed by atoms with E-state index in [9.17, 15) is 34.4 Å². The number of anilines is 1. The van der Waals surface area contributed by atoms with Crippen LogP contribution in [0.3, 0.4) is 0 Å². The van der Waals surface area contributed by atoms with Crippen molar-refractivity contribution in [2.24, 2.45) is 17.8 Å². The maximum absolute atomic E-state index is 13.9. The molecule has 0 spiro atoms. The predicted molar refractivity (Wildman–Crippen MR) is 140 cm³/mol. The predicted octanol–water partition coefficient (Wildman–Crippen LogP) is 4.59. The van der Waals surface area contributed by atoms with Crippen molar-refractivity contribution >= 4 is 46.4 Å². The number of non-ortho nitro benzene ring substituents is 1. The van der Waals surface area contributed by atoms with Crippen LogP contribution < -0.4 is 4.90 Å². The molecule has 0 bridgehead atoms. The number of amides is 2. The zero-order valence-electron chi connectivity index (χ0n) is 20.6. The van der Waals surface area contributed by atoms with E-state index in [4.69, 9.17) is 11.6 Å². The number of nitro benzene ring substituents is 1. The highest BCUT2D eigenvalue weighted by atomic mass is 35.5. The smallest absolute Gasteiger partial charge is 0.271 e. The molecule has 6 rings (SSSR count). The Kier molecular flexibility index (Phi) is 5.65. The van der Waals surface area contributed by atoms with Crippen molar-refractivity contribution in [1.82, 2.24) is 0 Å². The number of phenolic OH excluding ortho intramolecular Hbond substituents is 1. The first-order valence-corrected chi connectivity index (χ1v) is 12.8. The number of ketones is 2. The van der Waals surface area contributed by atoms with E-state index in [1.54, 1.807) is 13.0 Å². The standard InChI is InChI=1S/C29H21ClN2O7/c1-13-9-23(34)21-12-20-17(24(26(21)27(13)35)18-6-5-16(33)11-22(18)30)7-8-19-25(20)29(37)31(28(19)36)14-3-2-4-15(10-14)32(38)39/h2-7,9-11,19-20,24-25,33H,8,12H2,1H3/t19-,20+,24+,25-/m0/s1. The van der Waals surface area contributed by atoms with Gasteiger partial charge in [-0.25, -0.2) is 4.90 Å². The van der Waals surface area contributed by atoms with Crippen LogP contribution in [0.15, 0.2) is 76.9 Å². The van der Waals surface area contributed by atoms with Gasteiger partial charge in [-0.15, -0.1) is 0 Å². The van der Waals surface area contributed by atoms with Gasteiger partial charge in [0.15, 0.2) is 11.6 Å². The molecule has 196 valence electrons. The molecule has 1 fully saturated rings. The van der Waals surface area contributed by atoms with E-state index in [0.29, 0.717) is 16.7 Å². The second-order valence-electron chi connectivity index (χ2n) is 10.2. The molecule has 1 N–H and O–H groups in total. The van der Waals surface area contributed by atoms with Gasteiger partial charge in [0.2, 0.25) is 11.8 Å². The van der Waals surface area contributed by atoms with Gasteiger partial charge in [-0.05, 0) is 55.5 Å². The van der Waals surface area contributed by atoms with Gasteiger partial charge in [-0.1, -0.05) is 35.4 Å². The Balaban J connectivity index is 1.48. The average Bonchev–Trinajstić information content (AvgIpc) is 3.16. The number of phenols is 1. The summed E-state index contributed by atoms with van der Waals surface area (Å²) in [5, 5.41) is 21.5. The second kappa shape index (κ2) is 8.84. The van der Waals surface area contributed by atoms with Crippen LogP contribution in [-0.2, 0) is 19.2 Å². The maximum Gasteiger partial charge on any atom is 0.271 e. The molecule has 0 radical (unpaired) electrons. The largest absolute Gasteiger partial charge is 0.508 e. The minimum Gasteiger partial charge on any atom is -0.508 e. The van der Waals surface area contributed by atoms with Crippen molar-refractivity contribution in [3.63, 3.8) is 0 Å². The molecule has 4 aliphatic rings. The molecule has 39 heavy (non-hydrogen) atoms. The van der Waals surface area contributed by atoms with Crippen molar-refractivity contribution in [2.45, 2.75) is 25.7 Å². The van der Waals surface area contributed by atoms with Crippen LogP contribution in [0.2, 0.25) is 5.02 Å². The molecule has 0 saturated carbocycles. The minimum absolute atomic E-state index is 0.0608. The number of Topliss-reactive ketones (excluding diaryl/α,β-unsaturated/α-hetero) is 1. The van der Waals surface area contributed by atoms with E-state index in [1.807, 2.05) is 6.08 Å². The summed E-state index contributed by atoms with van der Waals surface area (Å²) in [4.78, 5) is 65.7. The minimum atomic E-state index is -0.820. The summed E-state index contributed by atoms with van der Waals surface area (Å²) in [7, 11) is 0. The molecule has 1 saturated heterocycles. The lowest BCUT2D eigenvalue weighted by Crippen LogP contribution is -2.39. The number of nitrogens with zero attached hydrogens (tertiary/aromatic N) is 2. The van der Waals surface area contributed by atoms with Crippen LogP contribution in [0.1, 0.15) is 31.2 Å². The van der Waals surface area contributed by atoms with Gasteiger partial charge in [0.05, 0.1) is 22.4 Å². The molecule has 4 atom stereocenters. The van der Waals surface area contributed by atoms with Gasteiger partial charge < -0.3 is 5.11 Å². The Morgan fingerprint density at radius 3 is 2.54 bits per heavy atom. The topological polar surface area (TPSA) is 135 Å². The van der Waals surface area contributed by atoms with Crippen LogP contribution in [0.25, 0.3) is 0 Å². The van der Waals surface area contributed by atoms with Crippen molar-refractivity contribution in [1.29, 1.82) is 0 Å². The maximum atomic E-state index is 13.9. The summed E-state index contributed by atoms with van der Waals surface area (Å²) in [6, 6.07) is 9.78. The number of fused-ring (bicyclic) bond motifs is 3. The Bertz CT molecular complexity index is 1640. The zero-order chi connectivity index (χ0) is 27.7. The number of hydrogen-bond acceptors (Lipinski definition) is 7. The quantitative estimate of drug-likeness (QED) is 0.196. The first-order valence-electron chi connectivity index (χ1n) is 12.4. The third kappa shape index (κ3) is 3.68. The van der Waals surface area contributed by atoms with Gasteiger partial charge in [-0.3, -0.25) is 29.3 Å². The molecular formula is C29H21ClN2O7. The monoisotopic (exact) mass is 544 g/mol. The lowest BCUT2D eigenvalue weighted by molar-refractivity contribution is -0.384. The molecule has 3 aliphatic carbocycles. The van der Waals surface area contributed by atoms with Gasteiger partial charge in [-0.2, -0.15) is 0 Å². The van der Waals surface area contributed by atoms with E-state index in [2.05, 4.69) is 0 Å². The molecule has 0 aromatic heterocycles. The number of imide groups is 1. The highest BCUT2D eigenvalue weighted by molar-refractivity contribution is 6.32. The van der Waals surface area contributed by atoms with Gasteiger partial charge in [0.25, 0.3) is 5.69 Å². The van der Waals surface area contributed by atoms with E-state index in [-0.39, 0.29) is 52.1 Å². The highest BCUT2D eigenvalue weighted by Crippen LogP contribution is 2.56. The Morgan fingerprint density at radius 1 is 1.05 bits per heavy atom. The normalized spacial score (nSPS) is 26.2. The van der Waals surface area contributed by atoms with Gasteiger partial charge >= 0.3 is 0 Å². The van der Waals surface area contributed by atoms with Crippen molar-refractivity contribution in [3.8, 4) is 5.75 Å². The number of nitro groups is 1. The van der Waals surface area contributed by atoms with Crippen LogP contribution in [0, 0.1) is 27.9 Å². The number of hydrogen-bond donors (Lipinski definition) is 1. The molecule has 2 amide bonds. The fourth-order valence-electron chi connectivity index (χ4n) is 6.47. The number of carbonyl (C=O) groups excluding carboxylic acids is 4. The number of carbonyl (C=O) groups is 4. The SMILES string of the molecule is CC1=CC(=O)C2=C(C1=O)[C@@H](c1ccc(O)cc1Cl)C1=CC[C@@H]3C(=O)N(c4cccc([N+](=O)[O-])c4)C(=O)[C@@H]3[C@@H]1C2. The Labute approximate surface area is 227 Å². The summed E-state index contributed by atoms with van der Waals surface area (Å²) >= 11 is 6.55. The molecule has 1 heterocycles. The Hall–Kier alpha value is -4.37. The zero-order valence-corrected chi connectivity index (χ0v) is 21.3. The number of aromatic hydroxyl groups is 1. The van der Waals surface area contributed by atoms with E-state index < -0.39 is 40.4 Å². The second-order valence-corrected chi connectivity index (χ2v) is 10.6. The first-order chi connectivity index (χ1) is 18.6. The summed E-state index contributed by atoms with van der Waals surface area (Å²) in [6.45, 7) is 1.58. The van der Waals surface area contributed by atoms with Crippen LogP contribution in [0.4, 0.5) is 11.4 Å². The molecule has 1 aliphatic heterocycles. The summed E-state index contributed by atoms with van der Waals surface area (Å²) in [6.07, 6.45) is 3.47. The number of rotatable bonds is 3.